The first-order chi connectivity index (χ1) is 13.2. The molecular formula is C22H23N3O2. The van der Waals surface area contributed by atoms with E-state index in [2.05, 4.69) is 5.10 Å². The van der Waals surface area contributed by atoms with Gasteiger partial charge in [0, 0.05) is 31.4 Å². The van der Waals surface area contributed by atoms with E-state index >= 15 is 0 Å². The molecule has 5 heteroatoms. The number of hydrogen-bond donors (Lipinski definition) is 0. The van der Waals surface area contributed by atoms with E-state index in [0.29, 0.717) is 13.2 Å². The van der Waals surface area contributed by atoms with Crippen molar-refractivity contribution in [3.63, 3.8) is 0 Å². The van der Waals surface area contributed by atoms with E-state index in [9.17, 15) is 4.79 Å². The highest BCUT2D eigenvalue weighted by atomic mass is 16.5. The summed E-state index contributed by atoms with van der Waals surface area (Å²) in [4.78, 5) is 14.0. The van der Waals surface area contributed by atoms with Gasteiger partial charge in [0.15, 0.2) is 0 Å². The molecule has 0 atom stereocenters. The second-order valence-electron chi connectivity index (χ2n) is 6.16. The zero-order valence-corrected chi connectivity index (χ0v) is 15.6. The number of ether oxygens (including phenoxy) is 1. The first kappa shape index (κ1) is 18.5. The van der Waals surface area contributed by atoms with E-state index in [1.54, 1.807) is 24.2 Å². The number of carbonyl (C=O) groups is 1. The average molecular weight is 361 g/mol. The molecule has 0 fully saturated rings. The summed E-state index contributed by atoms with van der Waals surface area (Å²) in [6, 6.07) is 17.5. The molecule has 0 bridgehead atoms. The van der Waals surface area contributed by atoms with Crippen LogP contribution in [0, 0.1) is 0 Å². The molecule has 0 radical (unpaired) electrons. The number of aromatic nitrogens is 2. The van der Waals surface area contributed by atoms with Crippen LogP contribution in [0.25, 0.3) is 11.8 Å². The maximum absolute atomic E-state index is 12.4. The zero-order chi connectivity index (χ0) is 19.1. The first-order valence-corrected chi connectivity index (χ1v) is 8.90. The molecule has 1 heterocycles. The van der Waals surface area contributed by atoms with Crippen molar-refractivity contribution in [2.24, 2.45) is 0 Å². The minimum Gasteiger partial charge on any atom is -0.494 e. The molecule has 3 aromatic rings. The normalized spacial score (nSPS) is 10.9. The third-order valence-corrected chi connectivity index (χ3v) is 4.06. The van der Waals surface area contributed by atoms with Gasteiger partial charge in [0.2, 0.25) is 5.91 Å². The van der Waals surface area contributed by atoms with Gasteiger partial charge < -0.3 is 9.64 Å². The van der Waals surface area contributed by atoms with Gasteiger partial charge in [-0.05, 0) is 42.8 Å². The standard InChI is InChI=1S/C22H23N3O2/c1-3-27-21-12-9-18(10-13-21)11-14-22(26)24(2)16-19-15-23-25(17-19)20-7-5-4-6-8-20/h4-15,17H,3,16H2,1-2H3/b14-11+. The van der Waals surface area contributed by atoms with Crippen molar-refractivity contribution in [1.82, 2.24) is 14.7 Å². The molecule has 0 aliphatic rings. The molecule has 0 unspecified atom stereocenters. The monoisotopic (exact) mass is 361 g/mol. The van der Waals surface area contributed by atoms with Crippen LogP contribution in [-0.2, 0) is 11.3 Å². The van der Waals surface area contributed by atoms with Crippen molar-refractivity contribution in [3.05, 3.63) is 84.2 Å². The maximum Gasteiger partial charge on any atom is 0.246 e. The summed E-state index contributed by atoms with van der Waals surface area (Å²) < 4.78 is 7.23. The van der Waals surface area contributed by atoms with Gasteiger partial charge >= 0.3 is 0 Å². The Balaban J connectivity index is 1.58. The Morgan fingerprint density at radius 2 is 1.89 bits per heavy atom. The van der Waals surface area contributed by atoms with Gasteiger partial charge in [-0.15, -0.1) is 0 Å². The van der Waals surface area contributed by atoms with E-state index in [0.717, 1.165) is 22.6 Å². The quantitative estimate of drug-likeness (QED) is 0.599. The van der Waals surface area contributed by atoms with Gasteiger partial charge in [-0.3, -0.25) is 4.79 Å². The van der Waals surface area contributed by atoms with Crippen molar-refractivity contribution >= 4 is 12.0 Å². The molecule has 0 saturated heterocycles. The first-order valence-electron chi connectivity index (χ1n) is 8.90. The second kappa shape index (κ2) is 8.85. The lowest BCUT2D eigenvalue weighted by atomic mass is 10.2. The van der Waals surface area contributed by atoms with Crippen LogP contribution in [0.4, 0.5) is 0 Å². The topological polar surface area (TPSA) is 47.4 Å². The maximum atomic E-state index is 12.4. The van der Waals surface area contributed by atoms with E-state index in [-0.39, 0.29) is 5.91 Å². The largest absolute Gasteiger partial charge is 0.494 e. The molecule has 1 aromatic heterocycles. The second-order valence-corrected chi connectivity index (χ2v) is 6.16. The highest BCUT2D eigenvalue weighted by Gasteiger charge is 2.08. The van der Waals surface area contributed by atoms with Crippen molar-refractivity contribution < 1.29 is 9.53 Å². The van der Waals surface area contributed by atoms with Crippen LogP contribution in [0.1, 0.15) is 18.1 Å². The predicted octanol–water partition coefficient (Wildman–Crippen LogP) is 3.94. The number of carbonyl (C=O) groups excluding carboxylic acids is 1. The SMILES string of the molecule is CCOc1ccc(/C=C/C(=O)N(C)Cc2cnn(-c3ccccc3)c2)cc1. The Hall–Kier alpha value is -3.34. The van der Waals surface area contributed by atoms with Gasteiger partial charge in [0.1, 0.15) is 5.75 Å². The summed E-state index contributed by atoms with van der Waals surface area (Å²) in [5.74, 6) is 0.768. The summed E-state index contributed by atoms with van der Waals surface area (Å²) in [6.07, 6.45) is 7.11. The molecule has 0 saturated carbocycles. The Kier molecular flexibility index (Phi) is 6.05. The molecule has 0 spiro atoms. The molecule has 0 aliphatic carbocycles. The molecule has 0 N–H and O–H groups in total. The fourth-order valence-electron chi connectivity index (χ4n) is 2.65. The Morgan fingerprint density at radius 1 is 1.15 bits per heavy atom. The number of hydrogen-bond acceptors (Lipinski definition) is 3. The number of likely N-dealkylation sites (N-methyl/N-ethyl adjacent to an activating group) is 1. The molecule has 0 aliphatic heterocycles. The molecule has 2 aromatic carbocycles. The van der Waals surface area contributed by atoms with Gasteiger partial charge in [-0.1, -0.05) is 30.3 Å². The summed E-state index contributed by atoms with van der Waals surface area (Å²) >= 11 is 0. The van der Waals surface area contributed by atoms with Crippen LogP contribution in [0.2, 0.25) is 0 Å². The molecule has 3 rings (SSSR count). The highest BCUT2D eigenvalue weighted by Crippen LogP contribution is 2.13. The Morgan fingerprint density at radius 3 is 2.59 bits per heavy atom. The molecule has 5 nitrogen and oxygen atoms in total. The summed E-state index contributed by atoms with van der Waals surface area (Å²) in [5, 5.41) is 4.36. The number of benzene rings is 2. The van der Waals surface area contributed by atoms with Crippen LogP contribution >= 0.6 is 0 Å². The average Bonchev–Trinajstić information content (AvgIpc) is 3.16. The van der Waals surface area contributed by atoms with Crippen molar-refractivity contribution in [2.75, 3.05) is 13.7 Å². The van der Waals surface area contributed by atoms with Gasteiger partial charge in [-0.2, -0.15) is 5.10 Å². The fourth-order valence-corrected chi connectivity index (χ4v) is 2.65. The summed E-state index contributed by atoms with van der Waals surface area (Å²) in [5.41, 5.74) is 2.93. The van der Waals surface area contributed by atoms with Crippen molar-refractivity contribution in [3.8, 4) is 11.4 Å². The lowest BCUT2D eigenvalue weighted by molar-refractivity contribution is -0.125. The number of rotatable bonds is 7. The van der Waals surface area contributed by atoms with Crippen LogP contribution in [0.3, 0.4) is 0 Å². The predicted molar refractivity (Wildman–Crippen MR) is 107 cm³/mol. The molecule has 138 valence electrons. The number of amides is 1. The van der Waals surface area contributed by atoms with E-state index < -0.39 is 0 Å². The van der Waals surface area contributed by atoms with E-state index in [1.807, 2.05) is 78.5 Å². The fraction of sp³-hybridized carbons (Fsp3) is 0.182. The smallest absolute Gasteiger partial charge is 0.246 e. The molecule has 1 amide bonds. The van der Waals surface area contributed by atoms with Gasteiger partial charge in [0.05, 0.1) is 18.5 Å². The highest BCUT2D eigenvalue weighted by molar-refractivity contribution is 5.91. The van der Waals surface area contributed by atoms with Gasteiger partial charge in [0.25, 0.3) is 0 Å². The van der Waals surface area contributed by atoms with Gasteiger partial charge in [-0.25, -0.2) is 4.68 Å². The third-order valence-electron chi connectivity index (χ3n) is 4.06. The van der Waals surface area contributed by atoms with Crippen molar-refractivity contribution in [2.45, 2.75) is 13.5 Å². The van der Waals surface area contributed by atoms with E-state index in [4.69, 9.17) is 4.74 Å². The lowest BCUT2D eigenvalue weighted by Crippen LogP contribution is -2.23. The Labute approximate surface area is 159 Å². The summed E-state index contributed by atoms with van der Waals surface area (Å²) in [6.45, 7) is 3.09. The van der Waals surface area contributed by atoms with Crippen LogP contribution in [0.5, 0.6) is 5.75 Å². The summed E-state index contributed by atoms with van der Waals surface area (Å²) in [7, 11) is 1.78. The van der Waals surface area contributed by atoms with Crippen LogP contribution in [0.15, 0.2) is 73.1 Å². The zero-order valence-electron chi connectivity index (χ0n) is 15.6. The van der Waals surface area contributed by atoms with Crippen LogP contribution in [-0.4, -0.2) is 34.2 Å². The van der Waals surface area contributed by atoms with E-state index in [1.165, 1.54) is 0 Å². The molecule has 27 heavy (non-hydrogen) atoms. The minimum absolute atomic E-state index is 0.0589. The number of para-hydroxylation sites is 1. The van der Waals surface area contributed by atoms with Crippen LogP contribution < -0.4 is 4.74 Å². The minimum atomic E-state index is -0.0589. The molecular weight excluding hydrogens is 338 g/mol. The Bertz CT molecular complexity index is 899. The van der Waals surface area contributed by atoms with Crippen molar-refractivity contribution in [1.29, 1.82) is 0 Å². The third kappa shape index (κ3) is 5.07. The number of nitrogens with zero attached hydrogens (tertiary/aromatic N) is 3. The lowest BCUT2D eigenvalue weighted by Gasteiger charge is -2.13.